The fraction of sp³-hybridized carbons (Fsp3) is 0.167. The van der Waals surface area contributed by atoms with E-state index in [0.29, 0.717) is 12.4 Å². The lowest BCUT2D eigenvalue weighted by Gasteiger charge is -2.05. The van der Waals surface area contributed by atoms with Crippen LogP contribution in [0.15, 0.2) is 31.1 Å². The number of aromatic nitrogens is 5. The Morgan fingerprint density at radius 1 is 1.10 bits per heavy atom. The average Bonchev–Trinajstić information content (AvgIpc) is 2.91. The molecule has 108 valence electrons. The van der Waals surface area contributed by atoms with Crippen LogP contribution in [0.3, 0.4) is 0 Å². The molecule has 3 aromatic rings. The van der Waals surface area contributed by atoms with E-state index in [4.69, 9.17) is 0 Å². The van der Waals surface area contributed by atoms with Crippen molar-refractivity contribution >= 4 is 16.9 Å². The van der Waals surface area contributed by atoms with E-state index in [0.717, 1.165) is 11.6 Å². The second-order valence-corrected chi connectivity index (χ2v) is 4.27. The van der Waals surface area contributed by atoms with Gasteiger partial charge in [0.15, 0.2) is 0 Å². The molecule has 0 radical (unpaired) electrons. The minimum absolute atomic E-state index is 0.129. The van der Waals surface area contributed by atoms with Gasteiger partial charge in [-0.3, -0.25) is 0 Å². The number of halogens is 3. The van der Waals surface area contributed by atoms with E-state index in [1.54, 1.807) is 12.4 Å². The van der Waals surface area contributed by atoms with Crippen molar-refractivity contribution in [2.45, 2.75) is 12.7 Å². The van der Waals surface area contributed by atoms with Gasteiger partial charge in [0.05, 0.1) is 5.39 Å². The minimum Gasteiger partial charge on any atom is -0.365 e. The van der Waals surface area contributed by atoms with Gasteiger partial charge in [0.1, 0.15) is 29.8 Å². The van der Waals surface area contributed by atoms with Gasteiger partial charge in [-0.25, -0.2) is 19.9 Å². The number of nitrogens with zero attached hydrogens (tertiary/aromatic N) is 4. The molecule has 6 nitrogen and oxygen atoms in total. The standard InChI is InChI=1S/C12H9F3N6/c13-12(14,15)9-1-8-10(19-6-20-11(8)21-9)18-4-7-2-16-5-17-3-7/h1-3,5-6H,4H2,(H2,18,19,20,21). The van der Waals surface area contributed by atoms with Crippen LogP contribution in [-0.2, 0) is 12.7 Å². The van der Waals surface area contributed by atoms with Gasteiger partial charge in [0.25, 0.3) is 0 Å². The zero-order valence-electron chi connectivity index (χ0n) is 10.5. The van der Waals surface area contributed by atoms with E-state index in [-0.39, 0.29) is 11.0 Å². The van der Waals surface area contributed by atoms with Crippen LogP contribution in [-0.4, -0.2) is 24.9 Å². The van der Waals surface area contributed by atoms with Gasteiger partial charge < -0.3 is 10.3 Å². The second-order valence-electron chi connectivity index (χ2n) is 4.27. The lowest BCUT2D eigenvalue weighted by molar-refractivity contribution is -0.140. The highest BCUT2D eigenvalue weighted by Crippen LogP contribution is 2.32. The Hall–Kier alpha value is -2.71. The average molecular weight is 294 g/mol. The first-order chi connectivity index (χ1) is 10.0. The molecular weight excluding hydrogens is 285 g/mol. The number of H-pyrrole nitrogens is 1. The zero-order valence-corrected chi connectivity index (χ0v) is 10.5. The van der Waals surface area contributed by atoms with Crippen LogP contribution >= 0.6 is 0 Å². The summed E-state index contributed by atoms with van der Waals surface area (Å²) in [5, 5.41) is 3.23. The highest BCUT2D eigenvalue weighted by Gasteiger charge is 2.33. The van der Waals surface area contributed by atoms with Crippen LogP contribution in [0.1, 0.15) is 11.3 Å². The molecule has 0 aromatic carbocycles. The topological polar surface area (TPSA) is 79.4 Å². The van der Waals surface area contributed by atoms with E-state index >= 15 is 0 Å². The van der Waals surface area contributed by atoms with E-state index < -0.39 is 11.9 Å². The van der Waals surface area contributed by atoms with Crippen molar-refractivity contribution in [1.82, 2.24) is 24.9 Å². The summed E-state index contributed by atoms with van der Waals surface area (Å²) in [4.78, 5) is 17.7. The fourth-order valence-corrected chi connectivity index (χ4v) is 1.84. The highest BCUT2D eigenvalue weighted by atomic mass is 19.4. The second kappa shape index (κ2) is 5.00. The van der Waals surface area contributed by atoms with Crippen molar-refractivity contribution in [3.05, 3.63) is 42.4 Å². The molecule has 0 fully saturated rings. The molecule has 3 rings (SSSR count). The van der Waals surface area contributed by atoms with Crippen molar-refractivity contribution in [3.8, 4) is 0 Å². The van der Waals surface area contributed by atoms with E-state index in [2.05, 4.69) is 30.2 Å². The molecule has 0 aliphatic heterocycles. The number of fused-ring (bicyclic) bond motifs is 1. The van der Waals surface area contributed by atoms with E-state index in [1.807, 2.05) is 0 Å². The van der Waals surface area contributed by atoms with Gasteiger partial charge >= 0.3 is 6.18 Å². The SMILES string of the molecule is FC(F)(F)c1cc2c(NCc3cncnc3)ncnc2[nH]1. The summed E-state index contributed by atoms with van der Waals surface area (Å²) >= 11 is 0. The molecule has 0 saturated carbocycles. The van der Waals surface area contributed by atoms with Crippen molar-refractivity contribution in [3.63, 3.8) is 0 Å². The van der Waals surface area contributed by atoms with Crippen molar-refractivity contribution < 1.29 is 13.2 Å². The highest BCUT2D eigenvalue weighted by molar-refractivity contribution is 5.87. The first-order valence-corrected chi connectivity index (χ1v) is 5.93. The maximum Gasteiger partial charge on any atom is 0.431 e. The summed E-state index contributed by atoms with van der Waals surface area (Å²) in [6.45, 7) is 0.347. The first kappa shape index (κ1) is 13.3. The predicted molar refractivity (Wildman–Crippen MR) is 68.2 cm³/mol. The van der Waals surface area contributed by atoms with Crippen LogP contribution in [0.5, 0.6) is 0 Å². The minimum atomic E-state index is -4.45. The largest absolute Gasteiger partial charge is 0.431 e. The molecule has 3 heterocycles. The fourth-order valence-electron chi connectivity index (χ4n) is 1.84. The summed E-state index contributed by atoms with van der Waals surface area (Å²) in [6, 6.07) is 0.985. The lowest BCUT2D eigenvalue weighted by atomic mass is 10.3. The number of aromatic amines is 1. The molecule has 0 spiro atoms. The Labute approximate surface area is 116 Å². The van der Waals surface area contributed by atoms with Gasteiger partial charge in [0, 0.05) is 24.5 Å². The van der Waals surface area contributed by atoms with E-state index in [9.17, 15) is 13.2 Å². The van der Waals surface area contributed by atoms with Crippen LogP contribution < -0.4 is 5.32 Å². The molecule has 0 saturated heterocycles. The Morgan fingerprint density at radius 3 is 2.57 bits per heavy atom. The number of nitrogens with one attached hydrogen (secondary N) is 2. The summed E-state index contributed by atoms with van der Waals surface area (Å²) < 4.78 is 38.1. The molecule has 21 heavy (non-hydrogen) atoms. The van der Waals surface area contributed by atoms with E-state index in [1.165, 1.54) is 12.7 Å². The van der Waals surface area contributed by atoms with Crippen LogP contribution in [0.25, 0.3) is 11.0 Å². The molecule has 0 unspecified atom stereocenters. The van der Waals surface area contributed by atoms with Gasteiger partial charge in [-0.1, -0.05) is 0 Å². The van der Waals surface area contributed by atoms with Crippen molar-refractivity contribution in [2.24, 2.45) is 0 Å². The molecule has 2 N–H and O–H groups in total. The summed E-state index contributed by atoms with van der Waals surface area (Å²) in [5.41, 5.74) is 0.0593. The smallest absolute Gasteiger partial charge is 0.365 e. The molecule has 0 bridgehead atoms. The molecule has 3 aromatic heterocycles. The van der Waals surface area contributed by atoms with Gasteiger partial charge in [-0.15, -0.1) is 0 Å². The third kappa shape index (κ3) is 2.76. The third-order valence-corrected chi connectivity index (χ3v) is 2.81. The quantitative estimate of drug-likeness (QED) is 0.775. The van der Waals surface area contributed by atoms with Crippen molar-refractivity contribution in [1.29, 1.82) is 0 Å². The van der Waals surface area contributed by atoms with Gasteiger partial charge in [0.2, 0.25) is 0 Å². The Balaban J connectivity index is 1.90. The molecule has 0 aliphatic carbocycles. The Kier molecular flexibility index (Phi) is 3.16. The third-order valence-electron chi connectivity index (χ3n) is 2.81. The normalized spacial score (nSPS) is 11.8. The monoisotopic (exact) mass is 294 g/mol. The molecule has 0 atom stereocenters. The molecule has 0 aliphatic rings. The summed E-state index contributed by atoms with van der Waals surface area (Å²) in [5.74, 6) is 0.315. The van der Waals surface area contributed by atoms with Crippen LogP contribution in [0.4, 0.5) is 19.0 Å². The summed E-state index contributed by atoms with van der Waals surface area (Å²) in [6.07, 6.45) is 1.36. The zero-order chi connectivity index (χ0) is 14.9. The van der Waals surface area contributed by atoms with Crippen molar-refractivity contribution in [2.75, 3.05) is 5.32 Å². The number of hydrogen-bond donors (Lipinski definition) is 2. The number of alkyl halides is 3. The molecular formula is C12H9F3N6. The first-order valence-electron chi connectivity index (χ1n) is 5.93. The molecule has 0 amide bonds. The Morgan fingerprint density at radius 2 is 1.86 bits per heavy atom. The lowest BCUT2D eigenvalue weighted by Crippen LogP contribution is -2.04. The summed E-state index contributed by atoms with van der Waals surface area (Å²) in [7, 11) is 0. The van der Waals surface area contributed by atoms with Crippen LogP contribution in [0.2, 0.25) is 0 Å². The maximum absolute atomic E-state index is 12.7. The Bertz CT molecular complexity index is 753. The predicted octanol–water partition coefficient (Wildman–Crippen LogP) is 2.38. The molecule has 9 heteroatoms. The number of hydrogen-bond acceptors (Lipinski definition) is 5. The number of rotatable bonds is 3. The number of anilines is 1. The maximum atomic E-state index is 12.7. The van der Waals surface area contributed by atoms with Gasteiger partial charge in [-0.05, 0) is 6.07 Å². The van der Waals surface area contributed by atoms with Crippen LogP contribution in [0, 0.1) is 0 Å². The van der Waals surface area contributed by atoms with Gasteiger partial charge in [-0.2, -0.15) is 13.2 Å².